The lowest BCUT2D eigenvalue weighted by Crippen LogP contribution is -2.24. The Kier molecular flexibility index (Phi) is 5.31. The topological polar surface area (TPSA) is 27.0 Å². The van der Waals surface area contributed by atoms with Gasteiger partial charge < -0.3 is 0 Å². The molecule has 0 aromatic heterocycles. The summed E-state index contributed by atoms with van der Waals surface area (Å²) in [4.78, 5) is 2.05. The standard InChI is InChI=1S/C13H17ClN2/c1-3-4-9-16(2)13(10-15)11-7-5-6-8-12(11)14/h5-8,13H,3-4,9H2,1-2H3. The summed E-state index contributed by atoms with van der Waals surface area (Å²) < 4.78 is 0. The molecule has 0 bridgehead atoms. The third-order valence-corrected chi connectivity index (χ3v) is 2.97. The number of rotatable bonds is 5. The first kappa shape index (κ1) is 13.0. The molecule has 0 saturated heterocycles. The van der Waals surface area contributed by atoms with Crippen LogP contribution in [0, 0.1) is 11.3 Å². The van der Waals surface area contributed by atoms with E-state index in [0.717, 1.165) is 24.9 Å². The van der Waals surface area contributed by atoms with Crippen molar-refractivity contribution in [2.45, 2.75) is 25.8 Å². The summed E-state index contributed by atoms with van der Waals surface area (Å²) in [7, 11) is 1.97. The smallest absolute Gasteiger partial charge is 0.125 e. The third kappa shape index (κ3) is 3.23. The van der Waals surface area contributed by atoms with Crippen LogP contribution in [0.4, 0.5) is 0 Å². The van der Waals surface area contributed by atoms with Crippen LogP contribution in [0.1, 0.15) is 31.4 Å². The normalized spacial score (nSPS) is 12.4. The first-order valence-corrected chi connectivity index (χ1v) is 5.92. The SMILES string of the molecule is CCCCN(C)C(C#N)c1ccccc1Cl. The highest BCUT2D eigenvalue weighted by Crippen LogP contribution is 2.26. The van der Waals surface area contributed by atoms with Gasteiger partial charge in [-0.3, -0.25) is 4.90 Å². The number of nitrogens with zero attached hydrogens (tertiary/aromatic N) is 2. The summed E-state index contributed by atoms with van der Waals surface area (Å²) in [6, 6.07) is 9.60. The van der Waals surface area contributed by atoms with Crippen molar-refractivity contribution >= 4 is 11.6 Å². The van der Waals surface area contributed by atoms with Crippen molar-refractivity contribution in [2.75, 3.05) is 13.6 Å². The van der Waals surface area contributed by atoms with Crippen LogP contribution >= 0.6 is 11.6 Å². The first-order valence-electron chi connectivity index (χ1n) is 5.55. The Morgan fingerprint density at radius 1 is 1.44 bits per heavy atom. The fourth-order valence-electron chi connectivity index (χ4n) is 1.64. The van der Waals surface area contributed by atoms with Crippen LogP contribution in [0.5, 0.6) is 0 Å². The molecule has 16 heavy (non-hydrogen) atoms. The van der Waals surface area contributed by atoms with Crippen molar-refractivity contribution in [1.29, 1.82) is 5.26 Å². The molecule has 1 aromatic rings. The van der Waals surface area contributed by atoms with E-state index < -0.39 is 0 Å². The average molecular weight is 237 g/mol. The molecule has 0 amide bonds. The molecule has 2 nitrogen and oxygen atoms in total. The number of nitriles is 1. The Morgan fingerprint density at radius 2 is 2.12 bits per heavy atom. The lowest BCUT2D eigenvalue weighted by Gasteiger charge is -2.23. The molecule has 1 rings (SSSR count). The Labute approximate surface area is 102 Å². The number of unbranched alkanes of at least 4 members (excludes halogenated alkanes) is 1. The fourth-order valence-corrected chi connectivity index (χ4v) is 1.88. The van der Waals surface area contributed by atoms with Gasteiger partial charge in [-0.25, -0.2) is 0 Å². The van der Waals surface area contributed by atoms with Crippen molar-refractivity contribution in [3.8, 4) is 6.07 Å². The molecule has 0 fully saturated rings. The molecular weight excluding hydrogens is 220 g/mol. The number of benzene rings is 1. The minimum Gasteiger partial charge on any atom is -0.287 e. The molecule has 3 heteroatoms. The molecule has 1 atom stereocenters. The molecule has 0 aliphatic heterocycles. The molecule has 1 unspecified atom stereocenters. The molecule has 0 aliphatic rings. The maximum Gasteiger partial charge on any atom is 0.125 e. The summed E-state index contributed by atoms with van der Waals surface area (Å²) in [6.45, 7) is 3.06. The van der Waals surface area contributed by atoms with E-state index in [1.54, 1.807) is 0 Å². The van der Waals surface area contributed by atoms with E-state index in [0.29, 0.717) is 5.02 Å². The summed E-state index contributed by atoms with van der Waals surface area (Å²) >= 11 is 6.10. The Hall–Kier alpha value is -1.04. The highest BCUT2D eigenvalue weighted by molar-refractivity contribution is 6.31. The molecule has 0 radical (unpaired) electrons. The van der Waals surface area contributed by atoms with Crippen molar-refractivity contribution in [3.05, 3.63) is 34.9 Å². The quantitative estimate of drug-likeness (QED) is 0.781. The Balaban J connectivity index is 2.83. The lowest BCUT2D eigenvalue weighted by molar-refractivity contribution is 0.287. The van der Waals surface area contributed by atoms with Crippen molar-refractivity contribution in [2.24, 2.45) is 0 Å². The van der Waals surface area contributed by atoms with Gasteiger partial charge in [0.15, 0.2) is 0 Å². The summed E-state index contributed by atoms with van der Waals surface area (Å²) in [5.74, 6) is 0. The van der Waals surface area contributed by atoms with E-state index in [1.807, 2.05) is 36.2 Å². The van der Waals surface area contributed by atoms with Gasteiger partial charge in [-0.05, 0) is 26.1 Å². The third-order valence-electron chi connectivity index (χ3n) is 2.63. The minimum absolute atomic E-state index is 0.250. The molecule has 0 saturated carbocycles. The highest BCUT2D eigenvalue weighted by Gasteiger charge is 2.17. The zero-order valence-corrected chi connectivity index (χ0v) is 10.5. The summed E-state index contributed by atoms with van der Waals surface area (Å²) in [5, 5.41) is 9.89. The predicted molar refractivity (Wildman–Crippen MR) is 67.3 cm³/mol. The van der Waals surface area contributed by atoms with E-state index in [2.05, 4.69) is 13.0 Å². The molecule has 1 aromatic carbocycles. The minimum atomic E-state index is -0.250. The Bertz CT molecular complexity index is 370. The van der Waals surface area contributed by atoms with Crippen LogP contribution in [0.15, 0.2) is 24.3 Å². The van der Waals surface area contributed by atoms with E-state index >= 15 is 0 Å². The predicted octanol–water partition coefficient (Wildman–Crippen LogP) is 3.64. The van der Waals surface area contributed by atoms with Crippen LogP contribution in [-0.4, -0.2) is 18.5 Å². The number of hydrogen-bond donors (Lipinski definition) is 0. The van der Waals surface area contributed by atoms with Gasteiger partial charge in [0.25, 0.3) is 0 Å². The van der Waals surface area contributed by atoms with Gasteiger partial charge >= 0.3 is 0 Å². The van der Waals surface area contributed by atoms with E-state index in [4.69, 9.17) is 11.6 Å². The van der Waals surface area contributed by atoms with Crippen molar-refractivity contribution in [3.63, 3.8) is 0 Å². The molecule has 0 aliphatic carbocycles. The molecule has 0 heterocycles. The van der Waals surface area contributed by atoms with E-state index in [1.165, 1.54) is 0 Å². The first-order chi connectivity index (χ1) is 7.70. The maximum absolute atomic E-state index is 9.22. The lowest BCUT2D eigenvalue weighted by atomic mass is 10.1. The number of halogens is 1. The fraction of sp³-hybridized carbons (Fsp3) is 0.462. The van der Waals surface area contributed by atoms with Gasteiger partial charge in [0.2, 0.25) is 0 Å². The molecular formula is C13H17ClN2. The van der Waals surface area contributed by atoms with E-state index in [-0.39, 0.29) is 6.04 Å². The maximum atomic E-state index is 9.22. The highest BCUT2D eigenvalue weighted by atomic mass is 35.5. The van der Waals surface area contributed by atoms with Gasteiger partial charge in [-0.2, -0.15) is 5.26 Å². The van der Waals surface area contributed by atoms with Gasteiger partial charge in [0.05, 0.1) is 6.07 Å². The Morgan fingerprint density at radius 3 is 2.69 bits per heavy atom. The van der Waals surface area contributed by atoms with Gasteiger partial charge in [-0.1, -0.05) is 43.1 Å². The zero-order chi connectivity index (χ0) is 12.0. The van der Waals surface area contributed by atoms with Crippen LogP contribution < -0.4 is 0 Å². The monoisotopic (exact) mass is 236 g/mol. The van der Waals surface area contributed by atoms with Crippen molar-refractivity contribution in [1.82, 2.24) is 4.90 Å². The summed E-state index contributed by atoms with van der Waals surface area (Å²) in [5.41, 5.74) is 0.894. The average Bonchev–Trinajstić information content (AvgIpc) is 2.30. The van der Waals surface area contributed by atoms with Crippen molar-refractivity contribution < 1.29 is 0 Å². The van der Waals surface area contributed by atoms with Crippen LogP contribution in [-0.2, 0) is 0 Å². The van der Waals surface area contributed by atoms with Gasteiger partial charge in [0, 0.05) is 10.6 Å². The molecule has 0 N–H and O–H groups in total. The van der Waals surface area contributed by atoms with Gasteiger partial charge in [-0.15, -0.1) is 0 Å². The van der Waals surface area contributed by atoms with E-state index in [9.17, 15) is 5.26 Å². The van der Waals surface area contributed by atoms with Crippen LogP contribution in [0.2, 0.25) is 5.02 Å². The van der Waals surface area contributed by atoms with Crippen LogP contribution in [0.3, 0.4) is 0 Å². The second-order valence-electron chi connectivity index (χ2n) is 3.89. The zero-order valence-electron chi connectivity index (χ0n) is 9.78. The number of hydrogen-bond acceptors (Lipinski definition) is 2. The molecule has 86 valence electrons. The summed E-state index contributed by atoms with van der Waals surface area (Å²) in [6.07, 6.45) is 2.23. The second kappa shape index (κ2) is 6.52. The largest absolute Gasteiger partial charge is 0.287 e. The van der Waals surface area contributed by atoms with Gasteiger partial charge in [0.1, 0.15) is 6.04 Å². The molecule has 0 spiro atoms. The second-order valence-corrected chi connectivity index (χ2v) is 4.29. The van der Waals surface area contributed by atoms with Crippen LogP contribution in [0.25, 0.3) is 0 Å².